The van der Waals surface area contributed by atoms with Crippen molar-refractivity contribution in [1.82, 2.24) is 0 Å². The summed E-state index contributed by atoms with van der Waals surface area (Å²) in [7, 11) is 0. The van der Waals surface area contributed by atoms with Crippen molar-refractivity contribution in [1.29, 1.82) is 0 Å². The first-order valence-corrected chi connectivity index (χ1v) is 6.44. The molecule has 2 aromatic rings. The summed E-state index contributed by atoms with van der Waals surface area (Å²) in [4.78, 5) is 0. The van der Waals surface area contributed by atoms with Crippen LogP contribution < -0.4 is 0 Å². The minimum absolute atomic E-state index is 0.634. The monoisotopic (exact) mass is 244 g/mol. The molecule has 88 valence electrons. The summed E-state index contributed by atoms with van der Waals surface area (Å²) in [5.41, 5.74) is 3.86. The van der Waals surface area contributed by atoms with Crippen LogP contribution in [0.25, 0.3) is 11.1 Å². The van der Waals surface area contributed by atoms with Crippen LogP contribution in [0.4, 0.5) is 0 Å². The predicted octanol–water partition coefficient (Wildman–Crippen LogP) is 5.52. The molecule has 0 aromatic heterocycles. The standard InChI is InChI=1S/C16H17Cl/c1-3-12(2)13-4-6-14(7-5-13)15-8-10-16(17)11-9-15/h4-12H,3H2,1-2H3. The molecule has 0 radical (unpaired) electrons. The fourth-order valence-electron chi connectivity index (χ4n) is 1.88. The van der Waals surface area contributed by atoms with Crippen molar-refractivity contribution in [2.24, 2.45) is 0 Å². The Kier molecular flexibility index (Phi) is 3.86. The van der Waals surface area contributed by atoms with E-state index in [-0.39, 0.29) is 0 Å². The van der Waals surface area contributed by atoms with Crippen LogP contribution >= 0.6 is 11.6 Å². The SMILES string of the molecule is CCC(C)c1ccc(-c2ccc(Cl)cc2)cc1. The first-order chi connectivity index (χ1) is 8.20. The van der Waals surface area contributed by atoms with E-state index in [1.165, 1.54) is 23.1 Å². The molecule has 1 heteroatoms. The third-order valence-corrected chi connectivity index (χ3v) is 3.52. The van der Waals surface area contributed by atoms with Crippen molar-refractivity contribution in [3.63, 3.8) is 0 Å². The third-order valence-electron chi connectivity index (χ3n) is 3.27. The molecule has 0 aliphatic carbocycles. The van der Waals surface area contributed by atoms with Crippen LogP contribution in [0.15, 0.2) is 48.5 Å². The maximum absolute atomic E-state index is 5.88. The highest BCUT2D eigenvalue weighted by Crippen LogP contribution is 2.25. The highest BCUT2D eigenvalue weighted by atomic mass is 35.5. The fraction of sp³-hybridized carbons (Fsp3) is 0.250. The number of hydrogen-bond donors (Lipinski definition) is 0. The van der Waals surface area contributed by atoms with E-state index in [4.69, 9.17) is 11.6 Å². The Hall–Kier alpha value is -1.27. The van der Waals surface area contributed by atoms with Crippen LogP contribution in [-0.4, -0.2) is 0 Å². The highest BCUT2D eigenvalue weighted by Gasteiger charge is 2.03. The van der Waals surface area contributed by atoms with Gasteiger partial charge in [0, 0.05) is 5.02 Å². The van der Waals surface area contributed by atoms with Crippen LogP contribution in [0.1, 0.15) is 31.7 Å². The molecule has 0 N–H and O–H groups in total. The van der Waals surface area contributed by atoms with Gasteiger partial charge in [0.15, 0.2) is 0 Å². The quantitative estimate of drug-likeness (QED) is 0.667. The Labute approximate surface area is 108 Å². The Morgan fingerprint density at radius 3 is 1.82 bits per heavy atom. The van der Waals surface area contributed by atoms with Crippen LogP contribution in [0.2, 0.25) is 5.02 Å². The molecule has 0 spiro atoms. The molecule has 0 aliphatic heterocycles. The smallest absolute Gasteiger partial charge is 0.0406 e. The molecule has 0 aliphatic rings. The molecule has 2 aromatic carbocycles. The van der Waals surface area contributed by atoms with Crippen LogP contribution in [0, 0.1) is 0 Å². The van der Waals surface area contributed by atoms with E-state index in [1.54, 1.807) is 0 Å². The average Bonchev–Trinajstić information content (AvgIpc) is 2.39. The number of halogens is 1. The highest BCUT2D eigenvalue weighted by molar-refractivity contribution is 6.30. The van der Waals surface area contributed by atoms with Crippen molar-refractivity contribution in [2.75, 3.05) is 0 Å². The first-order valence-electron chi connectivity index (χ1n) is 6.06. The minimum atomic E-state index is 0.634. The lowest BCUT2D eigenvalue weighted by Crippen LogP contribution is -1.90. The maximum atomic E-state index is 5.88. The summed E-state index contributed by atoms with van der Waals surface area (Å²) in [6.07, 6.45) is 1.18. The molecule has 0 fully saturated rings. The van der Waals surface area contributed by atoms with Gasteiger partial charge in [-0.05, 0) is 41.2 Å². The molecule has 2 rings (SSSR count). The average molecular weight is 245 g/mol. The summed E-state index contributed by atoms with van der Waals surface area (Å²) in [6.45, 7) is 4.48. The van der Waals surface area contributed by atoms with E-state index in [2.05, 4.69) is 50.2 Å². The Bertz CT molecular complexity index is 468. The minimum Gasteiger partial charge on any atom is -0.0843 e. The lowest BCUT2D eigenvalue weighted by Gasteiger charge is -2.09. The van der Waals surface area contributed by atoms with E-state index in [0.29, 0.717) is 5.92 Å². The van der Waals surface area contributed by atoms with Crippen molar-refractivity contribution in [3.8, 4) is 11.1 Å². The van der Waals surface area contributed by atoms with Gasteiger partial charge in [-0.2, -0.15) is 0 Å². The van der Waals surface area contributed by atoms with Gasteiger partial charge in [-0.3, -0.25) is 0 Å². The van der Waals surface area contributed by atoms with Gasteiger partial charge in [0.25, 0.3) is 0 Å². The van der Waals surface area contributed by atoms with E-state index < -0.39 is 0 Å². The number of benzene rings is 2. The zero-order valence-electron chi connectivity index (χ0n) is 10.3. The third kappa shape index (κ3) is 2.89. The molecule has 0 bridgehead atoms. The van der Waals surface area contributed by atoms with Crippen molar-refractivity contribution >= 4 is 11.6 Å². The molecule has 1 unspecified atom stereocenters. The second kappa shape index (κ2) is 5.37. The summed E-state index contributed by atoms with van der Waals surface area (Å²) >= 11 is 5.88. The Morgan fingerprint density at radius 1 is 0.882 bits per heavy atom. The van der Waals surface area contributed by atoms with Crippen LogP contribution in [0.3, 0.4) is 0 Å². The summed E-state index contributed by atoms with van der Waals surface area (Å²) in [6, 6.07) is 16.8. The van der Waals surface area contributed by atoms with Crippen LogP contribution in [0.5, 0.6) is 0 Å². The number of hydrogen-bond acceptors (Lipinski definition) is 0. The molecule has 0 nitrogen and oxygen atoms in total. The second-order valence-electron chi connectivity index (χ2n) is 4.44. The van der Waals surface area contributed by atoms with Gasteiger partial charge in [-0.15, -0.1) is 0 Å². The van der Waals surface area contributed by atoms with E-state index in [1.807, 2.05) is 12.1 Å². The molecule has 0 saturated carbocycles. The molecular formula is C16H17Cl. The zero-order chi connectivity index (χ0) is 12.3. The number of rotatable bonds is 3. The molecule has 0 heterocycles. The van der Waals surface area contributed by atoms with E-state index >= 15 is 0 Å². The van der Waals surface area contributed by atoms with Crippen LogP contribution in [-0.2, 0) is 0 Å². The van der Waals surface area contributed by atoms with Crippen molar-refractivity contribution in [2.45, 2.75) is 26.2 Å². The largest absolute Gasteiger partial charge is 0.0843 e. The normalized spacial score (nSPS) is 12.4. The molecule has 0 saturated heterocycles. The lowest BCUT2D eigenvalue weighted by atomic mass is 9.96. The Morgan fingerprint density at radius 2 is 1.35 bits per heavy atom. The molecule has 0 amide bonds. The molecular weight excluding hydrogens is 228 g/mol. The van der Waals surface area contributed by atoms with Gasteiger partial charge in [0.05, 0.1) is 0 Å². The van der Waals surface area contributed by atoms with Gasteiger partial charge in [0.2, 0.25) is 0 Å². The van der Waals surface area contributed by atoms with Gasteiger partial charge in [-0.25, -0.2) is 0 Å². The first kappa shape index (κ1) is 12.2. The zero-order valence-corrected chi connectivity index (χ0v) is 11.0. The van der Waals surface area contributed by atoms with Gasteiger partial charge < -0.3 is 0 Å². The molecule has 1 atom stereocenters. The fourth-order valence-corrected chi connectivity index (χ4v) is 2.01. The maximum Gasteiger partial charge on any atom is 0.0406 e. The summed E-state index contributed by atoms with van der Waals surface area (Å²) in [5.74, 6) is 0.634. The second-order valence-corrected chi connectivity index (χ2v) is 4.87. The molecule has 17 heavy (non-hydrogen) atoms. The van der Waals surface area contributed by atoms with Gasteiger partial charge in [-0.1, -0.05) is 61.8 Å². The summed E-state index contributed by atoms with van der Waals surface area (Å²) < 4.78 is 0. The topological polar surface area (TPSA) is 0 Å². The lowest BCUT2D eigenvalue weighted by molar-refractivity contribution is 0.734. The Balaban J connectivity index is 2.26. The predicted molar refractivity (Wildman–Crippen MR) is 75.6 cm³/mol. The van der Waals surface area contributed by atoms with Crippen molar-refractivity contribution < 1.29 is 0 Å². The van der Waals surface area contributed by atoms with Gasteiger partial charge in [0.1, 0.15) is 0 Å². The van der Waals surface area contributed by atoms with Gasteiger partial charge >= 0.3 is 0 Å². The van der Waals surface area contributed by atoms with E-state index in [9.17, 15) is 0 Å². The summed E-state index contributed by atoms with van der Waals surface area (Å²) in [5, 5.41) is 0.782. The van der Waals surface area contributed by atoms with Crippen molar-refractivity contribution in [3.05, 3.63) is 59.1 Å². The van der Waals surface area contributed by atoms with E-state index in [0.717, 1.165) is 5.02 Å².